The number of aromatic nitrogens is 2. The van der Waals surface area contributed by atoms with Crippen LogP contribution in [0.5, 0.6) is 0 Å². The number of rotatable bonds is 4. The van der Waals surface area contributed by atoms with Gasteiger partial charge in [-0.1, -0.05) is 5.16 Å². The Morgan fingerprint density at radius 2 is 2.25 bits per heavy atom. The number of aryl methyl sites for hydroxylation is 2. The first-order valence-electron chi connectivity index (χ1n) is 5.25. The zero-order valence-electron chi connectivity index (χ0n) is 9.49. The molecule has 0 atom stereocenters. The summed E-state index contributed by atoms with van der Waals surface area (Å²) in [6.07, 6.45) is 1.65. The van der Waals surface area contributed by atoms with Crippen molar-refractivity contribution in [3.63, 3.8) is 0 Å². The molecule has 0 aliphatic heterocycles. The molecule has 0 saturated heterocycles. The predicted octanol–water partition coefficient (Wildman–Crippen LogP) is 1.84. The fourth-order valence-electron chi connectivity index (χ4n) is 1.60. The summed E-state index contributed by atoms with van der Waals surface area (Å²) >= 11 is 1.67. The van der Waals surface area contributed by atoms with Crippen molar-refractivity contribution in [1.29, 1.82) is 0 Å². The first-order chi connectivity index (χ1) is 7.70. The largest absolute Gasteiger partial charge is 0.361 e. The highest BCUT2D eigenvalue weighted by molar-refractivity contribution is 7.09. The van der Waals surface area contributed by atoms with Crippen LogP contribution in [-0.4, -0.2) is 16.7 Å². The molecule has 0 fully saturated rings. The van der Waals surface area contributed by atoms with Gasteiger partial charge in [-0.15, -0.1) is 11.3 Å². The molecule has 5 heteroatoms. The molecule has 16 heavy (non-hydrogen) atoms. The van der Waals surface area contributed by atoms with Crippen LogP contribution in [0.4, 0.5) is 0 Å². The normalized spacial score (nSPS) is 10.9. The number of hydrogen-bond acceptors (Lipinski definition) is 5. The molecule has 4 nitrogen and oxygen atoms in total. The molecular weight excluding hydrogens is 222 g/mol. The molecule has 0 unspecified atom stereocenters. The van der Waals surface area contributed by atoms with E-state index in [0.717, 1.165) is 40.6 Å². The van der Waals surface area contributed by atoms with Crippen molar-refractivity contribution in [3.8, 4) is 0 Å². The van der Waals surface area contributed by atoms with Crippen LogP contribution in [0.15, 0.2) is 9.90 Å². The molecule has 86 valence electrons. The van der Waals surface area contributed by atoms with E-state index in [1.165, 1.54) is 0 Å². The minimum absolute atomic E-state index is 0.647. The molecule has 0 aliphatic rings. The van der Waals surface area contributed by atoms with E-state index < -0.39 is 0 Å². The van der Waals surface area contributed by atoms with Gasteiger partial charge in [-0.3, -0.25) is 0 Å². The lowest BCUT2D eigenvalue weighted by molar-refractivity contribution is 0.392. The quantitative estimate of drug-likeness (QED) is 0.881. The van der Waals surface area contributed by atoms with E-state index in [9.17, 15) is 0 Å². The van der Waals surface area contributed by atoms with E-state index in [-0.39, 0.29) is 0 Å². The Bertz CT molecular complexity index is 456. The van der Waals surface area contributed by atoms with Crippen molar-refractivity contribution in [2.75, 3.05) is 6.54 Å². The van der Waals surface area contributed by atoms with Gasteiger partial charge in [-0.05, 0) is 20.4 Å². The van der Waals surface area contributed by atoms with Crippen molar-refractivity contribution < 1.29 is 4.52 Å². The van der Waals surface area contributed by atoms with Gasteiger partial charge in [0, 0.05) is 23.8 Å². The van der Waals surface area contributed by atoms with E-state index in [4.69, 9.17) is 10.3 Å². The number of hydrogen-bond donors (Lipinski definition) is 1. The molecule has 0 aromatic carbocycles. The summed E-state index contributed by atoms with van der Waals surface area (Å²) in [5.41, 5.74) is 8.67. The van der Waals surface area contributed by atoms with Gasteiger partial charge in [0.2, 0.25) is 0 Å². The standard InChI is InChI=1S/C11H15N3OS/c1-7-10(8(2)15-14-7)5-11-13-9(3-4-12)6-16-11/h6H,3-5,12H2,1-2H3. The Hall–Kier alpha value is -1.20. The Morgan fingerprint density at radius 1 is 1.44 bits per heavy atom. The summed E-state index contributed by atoms with van der Waals surface area (Å²) in [6.45, 7) is 4.54. The summed E-state index contributed by atoms with van der Waals surface area (Å²) < 4.78 is 5.13. The molecule has 2 rings (SSSR count). The molecule has 0 spiro atoms. The van der Waals surface area contributed by atoms with Gasteiger partial charge in [0.15, 0.2) is 0 Å². The summed E-state index contributed by atoms with van der Waals surface area (Å²) in [5.74, 6) is 0.882. The fourth-order valence-corrected chi connectivity index (χ4v) is 2.44. The van der Waals surface area contributed by atoms with Crippen LogP contribution in [0.2, 0.25) is 0 Å². The van der Waals surface area contributed by atoms with E-state index in [2.05, 4.69) is 15.5 Å². The van der Waals surface area contributed by atoms with Gasteiger partial charge < -0.3 is 10.3 Å². The van der Waals surface area contributed by atoms with E-state index >= 15 is 0 Å². The van der Waals surface area contributed by atoms with Crippen molar-refractivity contribution in [1.82, 2.24) is 10.1 Å². The van der Waals surface area contributed by atoms with E-state index in [0.29, 0.717) is 6.54 Å². The highest BCUT2D eigenvalue weighted by atomic mass is 32.1. The minimum atomic E-state index is 0.647. The van der Waals surface area contributed by atoms with Crippen LogP contribution in [0.1, 0.15) is 27.7 Å². The fraction of sp³-hybridized carbons (Fsp3) is 0.455. The maximum atomic E-state index is 5.49. The van der Waals surface area contributed by atoms with Crippen molar-refractivity contribution in [2.45, 2.75) is 26.7 Å². The second-order valence-electron chi connectivity index (χ2n) is 3.75. The molecule has 2 aromatic heterocycles. The van der Waals surface area contributed by atoms with Gasteiger partial charge in [0.05, 0.1) is 16.4 Å². The molecule has 2 N–H and O–H groups in total. The summed E-state index contributed by atoms with van der Waals surface area (Å²) in [7, 11) is 0. The third-order valence-corrected chi connectivity index (χ3v) is 3.41. The molecule has 2 aromatic rings. The van der Waals surface area contributed by atoms with Crippen LogP contribution in [0, 0.1) is 13.8 Å². The van der Waals surface area contributed by atoms with Crippen molar-refractivity contribution >= 4 is 11.3 Å². The smallest absolute Gasteiger partial charge is 0.137 e. The van der Waals surface area contributed by atoms with Gasteiger partial charge in [0.25, 0.3) is 0 Å². The third kappa shape index (κ3) is 2.31. The SMILES string of the molecule is Cc1noc(C)c1Cc1nc(CCN)cs1. The number of nitrogens with two attached hydrogens (primary N) is 1. The first kappa shape index (κ1) is 11.3. The highest BCUT2D eigenvalue weighted by Crippen LogP contribution is 2.19. The Labute approximate surface area is 98.5 Å². The Morgan fingerprint density at radius 3 is 2.88 bits per heavy atom. The third-order valence-electron chi connectivity index (χ3n) is 2.51. The minimum Gasteiger partial charge on any atom is -0.361 e. The summed E-state index contributed by atoms with van der Waals surface area (Å²) in [6, 6.07) is 0. The monoisotopic (exact) mass is 237 g/mol. The van der Waals surface area contributed by atoms with Crippen LogP contribution in [-0.2, 0) is 12.8 Å². The van der Waals surface area contributed by atoms with E-state index in [1.54, 1.807) is 11.3 Å². The molecule has 0 aliphatic carbocycles. The average Bonchev–Trinajstić information content (AvgIpc) is 2.81. The lowest BCUT2D eigenvalue weighted by Gasteiger charge is -1.95. The van der Waals surface area contributed by atoms with Gasteiger partial charge in [-0.25, -0.2) is 4.98 Å². The molecular formula is C11H15N3OS. The lowest BCUT2D eigenvalue weighted by Crippen LogP contribution is -2.03. The average molecular weight is 237 g/mol. The zero-order chi connectivity index (χ0) is 11.5. The number of thiazole rings is 1. The predicted molar refractivity (Wildman–Crippen MR) is 63.7 cm³/mol. The second-order valence-corrected chi connectivity index (χ2v) is 4.69. The summed E-state index contributed by atoms with van der Waals surface area (Å²) in [5, 5.41) is 7.10. The molecule has 0 radical (unpaired) electrons. The summed E-state index contributed by atoms with van der Waals surface area (Å²) in [4.78, 5) is 4.53. The first-order valence-corrected chi connectivity index (χ1v) is 6.13. The van der Waals surface area contributed by atoms with Crippen LogP contribution in [0.3, 0.4) is 0 Å². The van der Waals surface area contributed by atoms with Crippen LogP contribution >= 0.6 is 11.3 Å². The van der Waals surface area contributed by atoms with Gasteiger partial charge in [0.1, 0.15) is 5.76 Å². The highest BCUT2D eigenvalue weighted by Gasteiger charge is 2.11. The zero-order valence-corrected chi connectivity index (χ0v) is 10.3. The molecule has 0 amide bonds. The van der Waals surface area contributed by atoms with Crippen molar-refractivity contribution in [3.05, 3.63) is 33.1 Å². The van der Waals surface area contributed by atoms with Crippen molar-refractivity contribution in [2.24, 2.45) is 5.73 Å². The maximum Gasteiger partial charge on any atom is 0.137 e. The van der Waals surface area contributed by atoms with Gasteiger partial charge in [-0.2, -0.15) is 0 Å². The van der Waals surface area contributed by atoms with E-state index in [1.807, 2.05) is 13.8 Å². The maximum absolute atomic E-state index is 5.49. The number of nitrogens with zero attached hydrogens (tertiary/aromatic N) is 2. The molecule has 2 heterocycles. The second kappa shape index (κ2) is 4.76. The van der Waals surface area contributed by atoms with Crippen LogP contribution in [0.25, 0.3) is 0 Å². The Kier molecular flexibility index (Phi) is 3.36. The lowest BCUT2D eigenvalue weighted by atomic mass is 10.1. The Balaban J connectivity index is 2.14. The topological polar surface area (TPSA) is 64.9 Å². The molecule has 0 saturated carbocycles. The van der Waals surface area contributed by atoms with Crippen LogP contribution < -0.4 is 5.73 Å². The molecule has 0 bridgehead atoms. The van der Waals surface area contributed by atoms with Gasteiger partial charge >= 0.3 is 0 Å².